The number of thioether (sulfide) groups is 1. The molecule has 1 atom stereocenters. The van der Waals surface area contributed by atoms with E-state index in [0.717, 1.165) is 4.90 Å². The van der Waals surface area contributed by atoms with Crippen molar-refractivity contribution in [3.05, 3.63) is 24.3 Å². The number of nitrogens with one attached hydrogen (secondary N) is 1. The topological polar surface area (TPSA) is 32.3 Å². The minimum atomic E-state index is -4.58. The van der Waals surface area contributed by atoms with Crippen molar-refractivity contribution in [2.75, 3.05) is 18.1 Å². The van der Waals surface area contributed by atoms with Crippen LogP contribution >= 0.6 is 11.8 Å². The van der Waals surface area contributed by atoms with Crippen molar-refractivity contribution < 1.29 is 18.3 Å². The molecule has 2 nitrogen and oxygen atoms in total. The standard InChI is InChI=1S/C10H12F3NOS/c1-16-8-4-2-7(3-5-8)14-6-9(15)10(11,12)13/h2-5,9,14-15H,6H2,1H3. The number of anilines is 1. The Labute approximate surface area is 95.9 Å². The third-order valence-electron chi connectivity index (χ3n) is 1.97. The first-order chi connectivity index (χ1) is 7.43. The van der Waals surface area contributed by atoms with E-state index in [1.54, 1.807) is 36.0 Å². The summed E-state index contributed by atoms with van der Waals surface area (Å²) >= 11 is 1.55. The largest absolute Gasteiger partial charge is 0.416 e. The lowest BCUT2D eigenvalue weighted by Gasteiger charge is -2.15. The van der Waals surface area contributed by atoms with Gasteiger partial charge in [0.05, 0.1) is 0 Å². The summed E-state index contributed by atoms with van der Waals surface area (Å²) in [4.78, 5) is 1.03. The second kappa shape index (κ2) is 5.45. The minimum absolute atomic E-state index is 0.540. The van der Waals surface area contributed by atoms with E-state index in [-0.39, 0.29) is 0 Å². The molecule has 90 valence electrons. The Kier molecular flexibility index (Phi) is 4.49. The molecule has 0 aliphatic rings. The first kappa shape index (κ1) is 13.2. The van der Waals surface area contributed by atoms with E-state index >= 15 is 0 Å². The second-order valence-corrected chi connectivity index (χ2v) is 4.05. The van der Waals surface area contributed by atoms with Crippen LogP contribution in [-0.2, 0) is 0 Å². The maximum absolute atomic E-state index is 12.0. The van der Waals surface area contributed by atoms with Gasteiger partial charge in [-0.05, 0) is 30.5 Å². The molecule has 0 fully saturated rings. The van der Waals surface area contributed by atoms with Crippen molar-refractivity contribution in [3.63, 3.8) is 0 Å². The van der Waals surface area contributed by atoms with Gasteiger partial charge in [-0.3, -0.25) is 0 Å². The quantitative estimate of drug-likeness (QED) is 0.807. The normalized spacial score (nSPS) is 13.6. The summed E-state index contributed by atoms with van der Waals surface area (Å²) < 4.78 is 35.9. The summed E-state index contributed by atoms with van der Waals surface area (Å²) in [6, 6.07) is 6.95. The number of aliphatic hydroxyl groups is 1. The smallest absolute Gasteiger partial charge is 0.382 e. The molecule has 0 bridgehead atoms. The molecule has 0 spiro atoms. The Bertz CT molecular complexity index is 326. The van der Waals surface area contributed by atoms with E-state index in [1.165, 1.54) is 0 Å². The van der Waals surface area contributed by atoms with Crippen LogP contribution in [0.4, 0.5) is 18.9 Å². The van der Waals surface area contributed by atoms with Crippen LogP contribution in [0, 0.1) is 0 Å². The first-order valence-electron chi connectivity index (χ1n) is 4.56. The van der Waals surface area contributed by atoms with Crippen LogP contribution in [0.1, 0.15) is 0 Å². The molecular formula is C10H12F3NOS. The van der Waals surface area contributed by atoms with Gasteiger partial charge in [0.15, 0.2) is 6.10 Å². The third kappa shape index (κ3) is 3.94. The molecule has 1 aromatic rings. The van der Waals surface area contributed by atoms with Gasteiger partial charge in [-0.1, -0.05) is 0 Å². The highest BCUT2D eigenvalue weighted by molar-refractivity contribution is 7.98. The lowest BCUT2D eigenvalue weighted by molar-refractivity contribution is -0.198. The molecule has 6 heteroatoms. The van der Waals surface area contributed by atoms with Gasteiger partial charge in [0, 0.05) is 17.1 Å². The number of rotatable bonds is 4. The van der Waals surface area contributed by atoms with Crippen LogP contribution in [0.15, 0.2) is 29.2 Å². The van der Waals surface area contributed by atoms with Crippen molar-refractivity contribution in [1.82, 2.24) is 0 Å². The molecule has 2 N–H and O–H groups in total. The Morgan fingerprint density at radius 3 is 2.31 bits per heavy atom. The molecule has 0 aliphatic carbocycles. The molecule has 0 radical (unpaired) electrons. The van der Waals surface area contributed by atoms with Gasteiger partial charge in [-0.2, -0.15) is 13.2 Å². The van der Waals surface area contributed by atoms with Crippen LogP contribution in [0.5, 0.6) is 0 Å². The number of benzene rings is 1. The lowest BCUT2D eigenvalue weighted by Crippen LogP contribution is -2.34. The molecule has 1 rings (SSSR count). The molecular weight excluding hydrogens is 239 g/mol. The highest BCUT2D eigenvalue weighted by Crippen LogP contribution is 2.21. The van der Waals surface area contributed by atoms with Crippen molar-refractivity contribution in [3.8, 4) is 0 Å². The molecule has 1 aromatic carbocycles. The van der Waals surface area contributed by atoms with Crippen LogP contribution in [0.3, 0.4) is 0 Å². The second-order valence-electron chi connectivity index (χ2n) is 3.17. The van der Waals surface area contributed by atoms with Crippen molar-refractivity contribution in [2.24, 2.45) is 0 Å². The van der Waals surface area contributed by atoms with Gasteiger partial charge in [-0.25, -0.2) is 0 Å². The summed E-state index contributed by atoms with van der Waals surface area (Å²) in [7, 11) is 0. The van der Waals surface area contributed by atoms with Crippen molar-refractivity contribution in [2.45, 2.75) is 17.2 Å². The van der Waals surface area contributed by atoms with Gasteiger partial charge >= 0.3 is 6.18 Å². The zero-order valence-electron chi connectivity index (χ0n) is 8.58. The highest BCUT2D eigenvalue weighted by atomic mass is 32.2. The fourth-order valence-corrected chi connectivity index (χ4v) is 1.45. The molecule has 0 amide bonds. The summed E-state index contributed by atoms with van der Waals surface area (Å²) in [5, 5.41) is 11.3. The molecule has 16 heavy (non-hydrogen) atoms. The van der Waals surface area contributed by atoms with Gasteiger partial charge in [0.1, 0.15) is 0 Å². The molecule has 0 aliphatic heterocycles. The van der Waals surface area contributed by atoms with E-state index in [2.05, 4.69) is 5.32 Å². The van der Waals surface area contributed by atoms with Gasteiger partial charge < -0.3 is 10.4 Å². The Morgan fingerprint density at radius 1 is 1.31 bits per heavy atom. The summed E-state index contributed by atoms with van der Waals surface area (Å²) in [5.74, 6) is 0. The fraction of sp³-hybridized carbons (Fsp3) is 0.400. The Balaban J connectivity index is 2.48. The SMILES string of the molecule is CSc1ccc(NCC(O)C(F)(F)F)cc1. The summed E-state index contributed by atoms with van der Waals surface area (Å²) in [6.07, 6.45) is -5.00. The van der Waals surface area contributed by atoms with E-state index in [1.807, 2.05) is 6.26 Å². The van der Waals surface area contributed by atoms with E-state index in [4.69, 9.17) is 5.11 Å². The van der Waals surface area contributed by atoms with Crippen LogP contribution < -0.4 is 5.32 Å². The average Bonchev–Trinajstić information content (AvgIpc) is 2.25. The van der Waals surface area contributed by atoms with Gasteiger partial charge in [0.25, 0.3) is 0 Å². The number of hydrogen-bond donors (Lipinski definition) is 2. The van der Waals surface area contributed by atoms with Crippen LogP contribution in [-0.4, -0.2) is 30.2 Å². The Morgan fingerprint density at radius 2 is 1.88 bits per heavy atom. The van der Waals surface area contributed by atoms with E-state index < -0.39 is 18.8 Å². The molecule has 1 unspecified atom stereocenters. The fourth-order valence-electron chi connectivity index (χ4n) is 1.04. The maximum atomic E-state index is 12.0. The van der Waals surface area contributed by atoms with Crippen molar-refractivity contribution in [1.29, 1.82) is 0 Å². The molecule has 0 aromatic heterocycles. The zero-order chi connectivity index (χ0) is 12.2. The number of alkyl halides is 3. The predicted molar refractivity (Wildman–Crippen MR) is 58.8 cm³/mol. The third-order valence-corrected chi connectivity index (χ3v) is 2.71. The summed E-state index contributed by atoms with van der Waals surface area (Å²) in [5.41, 5.74) is 0.557. The number of aliphatic hydroxyl groups excluding tert-OH is 1. The lowest BCUT2D eigenvalue weighted by atomic mass is 10.3. The van der Waals surface area contributed by atoms with Crippen LogP contribution in [0.25, 0.3) is 0 Å². The zero-order valence-corrected chi connectivity index (χ0v) is 9.40. The molecule has 0 saturated heterocycles. The van der Waals surface area contributed by atoms with E-state index in [9.17, 15) is 13.2 Å². The van der Waals surface area contributed by atoms with Gasteiger partial charge in [0.2, 0.25) is 0 Å². The monoisotopic (exact) mass is 251 g/mol. The highest BCUT2D eigenvalue weighted by Gasteiger charge is 2.37. The first-order valence-corrected chi connectivity index (χ1v) is 5.78. The molecule has 0 heterocycles. The maximum Gasteiger partial charge on any atom is 0.416 e. The van der Waals surface area contributed by atoms with Crippen LogP contribution in [0.2, 0.25) is 0 Å². The summed E-state index contributed by atoms with van der Waals surface area (Å²) in [6.45, 7) is -0.540. The minimum Gasteiger partial charge on any atom is -0.382 e. The number of hydrogen-bond acceptors (Lipinski definition) is 3. The van der Waals surface area contributed by atoms with Gasteiger partial charge in [-0.15, -0.1) is 11.8 Å². The molecule has 0 saturated carbocycles. The Hall–Kier alpha value is -0.880. The van der Waals surface area contributed by atoms with E-state index in [0.29, 0.717) is 5.69 Å². The predicted octanol–water partition coefficient (Wildman–Crippen LogP) is 2.74. The average molecular weight is 251 g/mol. The van der Waals surface area contributed by atoms with Crippen molar-refractivity contribution >= 4 is 17.4 Å². The number of halogens is 3.